The smallest absolute Gasteiger partial charge is 0.410 e. The number of aromatic amines is 1. The highest BCUT2D eigenvalue weighted by atomic mass is 35.5. The van der Waals surface area contributed by atoms with Crippen LogP contribution in [0.1, 0.15) is 50.9 Å². The Morgan fingerprint density at radius 1 is 1.25 bits per heavy atom. The Kier molecular flexibility index (Phi) is 6.13. The minimum atomic E-state index is -0.515. The van der Waals surface area contributed by atoms with Crippen LogP contribution in [0.3, 0.4) is 0 Å². The van der Waals surface area contributed by atoms with Crippen LogP contribution in [0.5, 0.6) is 0 Å². The third-order valence-electron chi connectivity index (χ3n) is 5.35. The largest absolute Gasteiger partial charge is 0.444 e. The van der Waals surface area contributed by atoms with Crippen LogP contribution in [0.15, 0.2) is 18.7 Å². The Labute approximate surface area is 195 Å². The number of aromatic nitrogens is 5. The lowest BCUT2D eigenvalue weighted by Gasteiger charge is -2.32. The van der Waals surface area contributed by atoms with Crippen LogP contribution < -0.4 is 5.49 Å². The van der Waals surface area contributed by atoms with Gasteiger partial charge in [0, 0.05) is 37.0 Å². The first-order valence-electron chi connectivity index (χ1n) is 10.4. The summed E-state index contributed by atoms with van der Waals surface area (Å²) in [5.41, 5.74) is 1.48. The molecule has 9 nitrogen and oxygen atoms in total. The molecule has 3 aromatic heterocycles. The number of carbonyl (C=O) groups is 1. The maximum atomic E-state index is 12.3. The molecule has 0 atom stereocenters. The molecule has 11 heteroatoms. The van der Waals surface area contributed by atoms with E-state index in [2.05, 4.69) is 15.0 Å². The van der Waals surface area contributed by atoms with Crippen LogP contribution in [0.25, 0.3) is 11.2 Å². The van der Waals surface area contributed by atoms with E-state index in [1.165, 1.54) is 0 Å². The summed E-state index contributed by atoms with van der Waals surface area (Å²) in [4.78, 5) is 30.3. The molecule has 4 heterocycles. The van der Waals surface area contributed by atoms with E-state index in [0.717, 1.165) is 18.7 Å². The lowest BCUT2D eigenvalue weighted by Crippen LogP contribution is -2.41. The summed E-state index contributed by atoms with van der Waals surface area (Å²) in [5, 5.41) is 9.11. The minimum absolute atomic E-state index is 0.119. The van der Waals surface area contributed by atoms with E-state index in [-0.39, 0.29) is 17.5 Å². The van der Waals surface area contributed by atoms with E-state index in [9.17, 15) is 4.79 Å². The van der Waals surface area contributed by atoms with Gasteiger partial charge in [-0.15, -0.1) is 0 Å². The zero-order chi connectivity index (χ0) is 23.0. The van der Waals surface area contributed by atoms with E-state index < -0.39 is 5.60 Å². The number of rotatable bonds is 3. The second kappa shape index (κ2) is 8.71. The molecule has 0 aromatic carbocycles. The van der Waals surface area contributed by atoms with Gasteiger partial charge in [-0.2, -0.15) is 0 Å². The van der Waals surface area contributed by atoms with Crippen molar-refractivity contribution < 1.29 is 9.53 Å². The molecule has 3 aromatic rings. The second-order valence-electron chi connectivity index (χ2n) is 8.87. The highest BCUT2D eigenvalue weighted by molar-refractivity contribution is 6.35. The number of hydrogen-bond donors (Lipinski definition) is 2. The van der Waals surface area contributed by atoms with E-state index in [1.54, 1.807) is 23.6 Å². The highest BCUT2D eigenvalue weighted by Gasteiger charge is 2.29. The quantitative estimate of drug-likeness (QED) is 0.589. The number of fused-ring (bicyclic) bond motifs is 1. The van der Waals surface area contributed by atoms with Crippen molar-refractivity contribution in [2.75, 3.05) is 13.1 Å². The number of nitrogens with zero attached hydrogens (tertiary/aromatic N) is 5. The van der Waals surface area contributed by atoms with Crippen molar-refractivity contribution in [3.63, 3.8) is 0 Å². The normalized spacial score (nSPS) is 15.3. The average Bonchev–Trinajstić information content (AvgIpc) is 3.18. The Hall–Kier alpha value is -2.65. The molecule has 32 heavy (non-hydrogen) atoms. The molecule has 2 N–H and O–H groups in total. The van der Waals surface area contributed by atoms with Crippen molar-refractivity contribution in [3.8, 4) is 0 Å². The summed E-state index contributed by atoms with van der Waals surface area (Å²) in [6, 6.07) is 0. The number of imidazole rings is 1. The Morgan fingerprint density at radius 2 is 1.91 bits per heavy atom. The zero-order valence-corrected chi connectivity index (χ0v) is 19.7. The number of halogens is 2. The first-order valence-corrected chi connectivity index (χ1v) is 11.1. The summed E-state index contributed by atoms with van der Waals surface area (Å²) in [5.74, 6) is 0.924. The molecule has 1 aliphatic rings. The first kappa shape index (κ1) is 22.5. The maximum absolute atomic E-state index is 12.3. The molecule has 0 aliphatic carbocycles. The molecule has 0 radical (unpaired) electrons. The van der Waals surface area contributed by atoms with E-state index in [0.29, 0.717) is 46.4 Å². The molecule has 170 valence electrons. The third-order valence-corrected chi connectivity index (χ3v) is 6.00. The molecular weight excluding hydrogens is 453 g/mol. The summed E-state index contributed by atoms with van der Waals surface area (Å²) in [6.45, 7) is 7.11. The number of hydrogen-bond acceptors (Lipinski definition) is 6. The van der Waals surface area contributed by atoms with Gasteiger partial charge in [-0.05, 0) is 33.6 Å². The van der Waals surface area contributed by atoms with Crippen molar-refractivity contribution in [3.05, 3.63) is 45.6 Å². The van der Waals surface area contributed by atoms with Crippen LogP contribution in [0, 0.1) is 5.41 Å². The van der Waals surface area contributed by atoms with Crippen LogP contribution in [-0.2, 0) is 11.3 Å². The number of nitrogens with one attached hydrogen (secondary N) is 2. The number of piperidine rings is 1. The topological polar surface area (TPSA) is 113 Å². The van der Waals surface area contributed by atoms with Crippen molar-refractivity contribution in [2.24, 2.45) is 0 Å². The van der Waals surface area contributed by atoms with Gasteiger partial charge < -0.3 is 19.2 Å². The molecule has 0 spiro atoms. The Morgan fingerprint density at radius 3 is 2.53 bits per heavy atom. The number of carbonyl (C=O) groups excluding carboxylic acids is 1. The molecule has 0 bridgehead atoms. The first-order chi connectivity index (χ1) is 15.1. The number of pyridine rings is 1. The Bertz CT molecular complexity index is 1190. The van der Waals surface area contributed by atoms with Crippen molar-refractivity contribution in [1.82, 2.24) is 29.4 Å². The fourth-order valence-electron chi connectivity index (χ4n) is 3.73. The average molecular weight is 478 g/mol. The number of amides is 1. The van der Waals surface area contributed by atoms with Gasteiger partial charge in [-0.1, -0.05) is 23.2 Å². The van der Waals surface area contributed by atoms with Crippen molar-refractivity contribution in [2.45, 2.75) is 51.7 Å². The molecule has 1 saturated heterocycles. The summed E-state index contributed by atoms with van der Waals surface area (Å²) in [7, 11) is 0. The molecule has 0 unspecified atom stereocenters. The second-order valence-corrected chi connectivity index (χ2v) is 9.68. The van der Waals surface area contributed by atoms with E-state index in [1.807, 2.05) is 25.3 Å². The van der Waals surface area contributed by atoms with E-state index in [4.69, 9.17) is 38.3 Å². The van der Waals surface area contributed by atoms with Gasteiger partial charge in [-0.25, -0.2) is 14.8 Å². The van der Waals surface area contributed by atoms with Gasteiger partial charge >= 0.3 is 6.09 Å². The molecule has 1 fully saturated rings. The van der Waals surface area contributed by atoms with E-state index >= 15 is 0 Å². The fourth-order valence-corrected chi connectivity index (χ4v) is 4.22. The molecule has 1 aliphatic heterocycles. The van der Waals surface area contributed by atoms with Crippen molar-refractivity contribution in [1.29, 1.82) is 5.41 Å². The number of ether oxygens (including phenoxy) is 1. The van der Waals surface area contributed by atoms with Gasteiger partial charge in [0.15, 0.2) is 11.1 Å². The van der Waals surface area contributed by atoms with Gasteiger partial charge in [0.25, 0.3) is 0 Å². The lowest BCUT2D eigenvalue weighted by atomic mass is 9.96. The summed E-state index contributed by atoms with van der Waals surface area (Å²) >= 11 is 12.6. The van der Waals surface area contributed by atoms with Gasteiger partial charge in [0.05, 0.1) is 22.9 Å². The molecule has 4 rings (SSSR count). The third kappa shape index (κ3) is 4.73. The molecule has 1 amide bonds. The van der Waals surface area contributed by atoms with Crippen LogP contribution in [0.4, 0.5) is 4.79 Å². The monoisotopic (exact) mass is 477 g/mol. The number of H-pyrrole nitrogens is 1. The lowest BCUT2D eigenvalue weighted by molar-refractivity contribution is 0.0203. The SMILES string of the molecule is CC(C)(C)OC(=O)N1CCC(c2nc3c([nH]2)c(=N)ncn3Cc2c(Cl)cncc2Cl)CC1. The van der Waals surface area contributed by atoms with Gasteiger partial charge in [0.1, 0.15) is 16.9 Å². The Balaban J connectivity index is 1.56. The summed E-state index contributed by atoms with van der Waals surface area (Å²) < 4.78 is 7.29. The minimum Gasteiger partial charge on any atom is -0.444 e. The predicted octanol–water partition coefficient (Wildman–Crippen LogP) is 4.10. The van der Waals surface area contributed by atoms with Gasteiger partial charge in [0.2, 0.25) is 0 Å². The number of likely N-dealkylation sites (tertiary alicyclic amines) is 1. The highest BCUT2D eigenvalue weighted by Crippen LogP contribution is 2.29. The fraction of sp³-hybridized carbons (Fsp3) is 0.476. The zero-order valence-electron chi connectivity index (χ0n) is 18.2. The van der Waals surface area contributed by atoms with Crippen LogP contribution >= 0.6 is 23.2 Å². The maximum Gasteiger partial charge on any atom is 0.410 e. The van der Waals surface area contributed by atoms with Crippen LogP contribution in [-0.4, -0.2) is 54.2 Å². The van der Waals surface area contributed by atoms with Crippen LogP contribution in [0.2, 0.25) is 10.0 Å². The predicted molar refractivity (Wildman–Crippen MR) is 121 cm³/mol. The molecule has 0 saturated carbocycles. The van der Waals surface area contributed by atoms with Gasteiger partial charge in [-0.3, -0.25) is 10.4 Å². The van der Waals surface area contributed by atoms with Crippen molar-refractivity contribution >= 4 is 40.5 Å². The summed E-state index contributed by atoms with van der Waals surface area (Å²) in [6.07, 6.45) is 5.86. The standard InChI is InChI=1S/C21H25Cl2N7O2/c1-21(2,3)32-20(31)29-6-4-12(5-7-29)18-27-16-17(24)26-11-30(19(16)28-18)10-13-14(22)8-25-9-15(13)23/h8-9,11-12,24H,4-7,10H2,1-3H3,(H,27,28). The molecular formula is C21H25Cl2N7O2.